The van der Waals surface area contributed by atoms with Crippen molar-refractivity contribution in [2.24, 2.45) is 10.1 Å². The summed E-state index contributed by atoms with van der Waals surface area (Å²) in [5.41, 5.74) is 6.08. The van der Waals surface area contributed by atoms with Crippen LogP contribution >= 0.6 is 0 Å². The lowest BCUT2D eigenvalue weighted by Gasteiger charge is -2.23. The van der Waals surface area contributed by atoms with E-state index in [0.29, 0.717) is 0 Å². The third kappa shape index (κ3) is 4.35. The average Bonchev–Trinajstić information content (AvgIpc) is 3.31. The smallest absolute Gasteiger partial charge is 0.123 e. The second-order valence-electron chi connectivity index (χ2n) is 7.72. The molecule has 4 aromatic rings. The molecule has 0 bridgehead atoms. The molecular weight excluding hydrogens is 397 g/mol. The summed E-state index contributed by atoms with van der Waals surface area (Å²) >= 11 is 0. The molecule has 0 aromatic heterocycles. The van der Waals surface area contributed by atoms with Gasteiger partial charge in [0.05, 0.1) is 23.1 Å². The van der Waals surface area contributed by atoms with Gasteiger partial charge in [0.1, 0.15) is 5.82 Å². The van der Waals surface area contributed by atoms with E-state index in [-0.39, 0.29) is 11.9 Å². The lowest BCUT2D eigenvalue weighted by atomic mass is 9.98. The first-order valence-corrected chi connectivity index (χ1v) is 10.6. The molecule has 0 N–H and O–H groups in total. The maximum atomic E-state index is 13.1. The number of benzene rings is 4. The highest BCUT2D eigenvalue weighted by Crippen LogP contribution is 2.36. The first-order valence-electron chi connectivity index (χ1n) is 10.6. The second-order valence-corrected chi connectivity index (χ2v) is 7.72. The quantitative estimate of drug-likeness (QED) is 0.322. The van der Waals surface area contributed by atoms with Gasteiger partial charge in [-0.1, -0.05) is 72.8 Å². The van der Waals surface area contributed by atoms with Crippen molar-refractivity contribution in [2.75, 3.05) is 5.01 Å². The van der Waals surface area contributed by atoms with Crippen molar-refractivity contribution in [3.05, 3.63) is 132 Å². The van der Waals surface area contributed by atoms with Crippen LogP contribution in [0.1, 0.15) is 29.2 Å². The molecule has 3 nitrogen and oxygen atoms in total. The Hall–Kier alpha value is -4.05. The number of hydrazone groups is 1. The van der Waals surface area contributed by atoms with E-state index in [1.807, 2.05) is 36.4 Å². The number of para-hydroxylation sites is 1. The van der Waals surface area contributed by atoms with E-state index in [0.717, 1.165) is 34.6 Å². The fourth-order valence-electron chi connectivity index (χ4n) is 3.90. The van der Waals surface area contributed by atoms with E-state index in [4.69, 9.17) is 5.10 Å². The summed E-state index contributed by atoms with van der Waals surface area (Å²) in [5.74, 6) is -0.251. The van der Waals surface area contributed by atoms with Crippen molar-refractivity contribution >= 4 is 23.3 Å². The highest BCUT2D eigenvalue weighted by atomic mass is 19.1. The van der Waals surface area contributed by atoms with E-state index in [2.05, 4.69) is 58.5 Å². The van der Waals surface area contributed by atoms with Crippen molar-refractivity contribution in [3.63, 3.8) is 0 Å². The van der Waals surface area contributed by atoms with Gasteiger partial charge >= 0.3 is 0 Å². The third-order valence-corrected chi connectivity index (χ3v) is 5.53. The van der Waals surface area contributed by atoms with E-state index in [1.54, 1.807) is 18.3 Å². The van der Waals surface area contributed by atoms with E-state index >= 15 is 0 Å². The Bertz CT molecular complexity index is 1250. The molecule has 0 saturated carbocycles. The molecule has 156 valence electrons. The molecule has 1 atom stereocenters. The van der Waals surface area contributed by atoms with Crippen LogP contribution in [0.2, 0.25) is 0 Å². The average molecular weight is 420 g/mol. The lowest BCUT2D eigenvalue weighted by Crippen LogP contribution is -2.18. The van der Waals surface area contributed by atoms with Crippen LogP contribution < -0.4 is 5.01 Å². The van der Waals surface area contributed by atoms with Gasteiger partial charge in [0.15, 0.2) is 0 Å². The summed E-state index contributed by atoms with van der Waals surface area (Å²) in [5, 5.41) is 7.12. The van der Waals surface area contributed by atoms with Gasteiger partial charge in [-0.25, -0.2) is 4.39 Å². The monoisotopic (exact) mass is 419 g/mol. The first-order chi connectivity index (χ1) is 15.8. The Morgan fingerprint density at radius 2 is 1.53 bits per heavy atom. The standard InChI is InChI=1S/C28H22FN3/c29-24-16-14-21(15-17-24)20-30-25-11-7-10-23(18-25)27-19-28(22-8-3-1-4-9-22)32(31-27)26-12-5-2-6-13-26/h1-18,20,28H,19H2. The van der Waals surface area contributed by atoms with Crippen LogP contribution in [0.4, 0.5) is 15.8 Å². The highest BCUT2D eigenvalue weighted by molar-refractivity contribution is 6.04. The number of hydrogen-bond donors (Lipinski definition) is 0. The summed E-state index contributed by atoms with van der Waals surface area (Å²) < 4.78 is 13.1. The molecule has 4 aromatic carbocycles. The van der Waals surface area contributed by atoms with Gasteiger partial charge in [-0.15, -0.1) is 0 Å². The molecule has 1 heterocycles. The van der Waals surface area contributed by atoms with E-state index in [9.17, 15) is 4.39 Å². The minimum absolute atomic E-state index is 0.139. The van der Waals surface area contributed by atoms with Gasteiger partial charge < -0.3 is 0 Å². The zero-order chi connectivity index (χ0) is 21.8. The van der Waals surface area contributed by atoms with Crippen LogP contribution in [0, 0.1) is 5.82 Å². The third-order valence-electron chi connectivity index (χ3n) is 5.53. The normalized spacial score (nSPS) is 15.8. The molecular formula is C28H22FN3. The Kier molecular flexibility index (Phi) is 5.58. The fraction of sp³-hybridized carbons (Fsp3) is 0.0714. The Labute approximate surface area is 187 Å². The van der Waals surface area contributed by atoms with Gasteiger partial charge in [0.25, 0.3) is 0 Å². The maximum Gasteiger partial charge on any atom is 0.123 e. The summed E-state index contributed by atoms with van der Waals surface area (Å²) in [6, 6.07) is 35.3. The van der Waals surface area contributed by atoms with Crippen LogP contribution in [0.15, 0.2) is 119 Å². The fourth-order valence-corrected chi connectivity index (χ4v) is 3.90. The van der Waals surface area contributed by atoms with Gasteiger partial charge in [-0.05, 0) is 53.1 Å². The largest absolute Gasteiger partial charge is 0.257 e. The molecule has 5 rings (SSSR count). The molecule has 0 fully saturated rings. The minimum atomic E-state index is -0.251. The van der Waals surface area contributed by atoms with Crippen LogP contribution in [0.25, 0.3) is 0 Å². The van der Waals surface area contributed by atoms with Crippen LogP contribution in [0.3, 0.4) is 0 Å². The summed E-state index contributed by atoms with van der Waals surface area (Å²) in [7, 11) is 0. The Morgan fingerprint density at radius 3 is 2.28 bits per heavy atom. The summed E-state index contributed by atoms with van der Waals surface area (Å²) in [4.78, 5) is 4.58. The number of rotatable bonds is 5. The summed E-state index contributed by atoms with van der Waals surface area (Å²) in [6.07, 6.45) is 2.56. The van der Waals surface area contributed by atoms with Crippen molar-refractivity contribution in [1.82, 2.24) is 0 Å². The first kappa shape index (κ1) is 19.9. The van der Waals surface area contributed by atoms with Gasteiger partial charge in [-0.3, -0.25) is 10.0 Å². The van der Waals surface area contributed by atoms with Crippen molar-refractivity contribution < 1.29 is 4.39 Å². The number of anilines is 1. The van der Waals surface area contributed by atoms with Crippen LogP contribution in [-0.4, -0.2) is 11.9 Å². The molecule has 1 aliphatic rings. The molecule has 0 amide bonds. The van der Waals surface area contributed by atoms with Crippen LogP contribution in [-0.2, 0) is 0 Å². The number of aliphatic imine (C=N–C) groups is 1. The maximum absolute atomic E-state index is 13.1. The molecule has 0 radical (unpaired) electrons. The van der Waals surface area contributed by atoms with Crippen molar-refractivity contribution in [1.29, 1.82) is 0 Å². The summed E-state index contributed by atoms with van der Waals surface area (Å²) in [6.45, 7) is 0. The predicted molar refractivity (Wildman–Crippen MR) is 129 cm³/mol. The zero-order valence-electron chi connectivity index (χ0n) is 17.5. The second kappa shape index (κ2) is 8.98. The zero-order valence-corrected chi connectivity index (χ0v) is 17.5. The molecule has 0 saturated heterocycles. The van der Waals surface area contributed by atoms with Gasteiger partial charge in [-0.2, -0.15) is 5.10 Å². The number of halogens is 1. The number of nitrogens with zero attached hydrogens (tertiary/aromatic N) is 3. The molecule has 1 unspecified atom stereocenters. The van der Waals surface area contributed by atoms with Crippen molar-refractivity contribution in [3.8, 4) is 0 Å². The molecule has 1 aliphatic heterocycles. The van der Waals surface area contributed by atoms with Crippen molar-refractivity contribution in [2.45, 2.75) is 12.5 Å². The SMILES string of the molecule is Fc1ccc(C=Nc2cccc(C3=NN(c4ccccc4)C(c4ccccc4)C3)c2)cc1. The number of hydrogen-bond acceptors (Lipinski definition) is 3. The van der Waals surface area contributed by atoms with E-state index < -0.39 is 0 Å². The molecule has 0 spiro atoms. The van der Waals surface area contributed by atoms with E-state index in [1.165, 1.54) is 17.7 Å². The Morgan fingerprint density at radius 1 is 0.812 bits per heavy atom. The lowest BCUT2D eigenvalue weighted by molar-refractivity contribution is 0.628. The van der Waals surface area contributed by atoms with Gasteiger partial charge in [0.2, 0.25) is 0 Å². The molecule has 32 heavy (non-hydrogen) atoms. The Balaban J connectivity index is 1.45. The topological polar surface area (TPSA) is 28.0 Å². The molecule has 4 heteroatoms. The van der Waals surface area contributed by atoms with Crippen LogP contribution in [0.5, 0.6) is 0 Å². The highest BCUT2D eigenvalue weighted by Gasteiger charge is 2.29. The van der Waals surface area contributed by atoms with Gasteiger partial charge in [0, 0.05) is 12.6 Å². The predicted octanol–water partition coefficient (Wildman–Crippen LogP) is 6.93. The molecule has 0 aliphatic carbocycles. The minimum Gasteiger partial charge on any atom is -0.257 e.